The molecule has 0 aromatic heterocycles. The average Bonchev–Trinajstić information content (AvgIpc) is 2.37. The van der Waals surface area contributed by atoms with E-state index in [1.54, 1.807) is 11.8 Å². The highest BCUT2D eigenvalue weighted by atomic mass is 32.2. The molecule has 104 valence electrons. The minimum atomic E-state index is -0.684. The minimum absolute atomic E-state index is 0.121. The Kier molecular flexibility index (Phi) is 6.93. The first-order valence-corrected chi connectivity index (χ1v) is 7.76. The van der Waals surface area contributed by atoms with Crippen LogP contribution in [0.5, 0.6) is 0 Å². The third kappa shape index (κ3) is 5.62. The number of carboxylic acid groups (broad SMARTS) is 1. The van der Waals surface area contributed by atoms with Crippen LogP contribution in [0.1, 0.15) is 25.7 Å². The summed E-state index contributed by atoms with van der Waals surface area (Å²) in [4.78, 5) is 22.2. The highest BCUT2D eigenvalue weighted by Crippen LogP contribution is 2.28. The lowest BCUT2D eigenvalue weighted by Crippen LogP contribution is -2.40. The van der Waals surface area contributed by atoms with Gasteiger partial charge in [-0.1, -0.05) is 0 Å². The van der Waals surface area contributed by atoms with Crippen molar-refractivity contribution in [3.8, 4) is 0 Å². The van der Waals surface area contributed by atoms with Crippen LogP contribution in [0.15, 0.2) is 0 Å². The normalized spacial score (nSPS) is 23.4. The number of urea groups is 1. The number of rotatable bonds is 6. The van der Waals surface area contributed by atoms with E-state index in [4.69, 9.17) is 5.11 Å². The van der Waals surface area contributed by atoms with E-state index >= 15 is 0 Å². The molecule has 0 aromatic rings. The topological polar surface area (TPSA) is 78.4 Å². The third-order valence-electron chi connectivity index (χ3n) is 3.34. The van der Waals surface area contributed by atoms with Crippen LogP contribution in [0.3, 0.4) is 0 Å². The third-order valence-corrected chi connectivity index (χ3v) is 3.95. The Bertz CT molecular complexity index is 278. The second kappa shape index (κ2) is 8.24. The molecule has 1 aliphatic rings. The van der Waals surface area contributed by atoms with Gasteiger partial charge in [0.25, 0.3) is 0 Å². The van der Waals surface area contributed by atoms with E-state index in [2.05, 4.69) is 10.6 Å². The number of amides is 2. The van der Waals surface area contributed by atoms with Crippen LogP contribution in [0.2, 0.25) is 0 Å². The van der Waals surface area contributed by atoms with Crippen molar-refractivity contribution in [2.24, 2.45) is 11.8 Å². The Morgan fingerprint density at radius 3 is 2.44 bits per heavy atom. The number of nitrogens with one attached hydrogen (secondary N) is 2. The predicted octanol–water partition coefficient (Wildman–Crippen LogP) is 1.54. The van der Waals surface area contributed by atoms with E-state index in [0.717, 1.165) is 31.4 Å². The molecule has 1 saturated carbocycles. The van der Waals surface area contributed by atoms with Crippen molar-refractivity contribution in [1.29, 1.82) is 0 Å². The van der Waals surface area contributed by atoms with Crippen LogP contribution in [-0.2, 0) is 4.79 Å². The van der Waals surface area contributed by atoms with Crippen molar-refractivity contribution >= 4 is 23.8 Å². The van der Waals surface area contributed by atoms with Crippen molar-refractivity contribution in [3.63, 3.8) is 0 Å². The molecule has 1 aliphatic carbocycles. The highest BCUT2D eigenvalue weighted by Gasteiger charge is 2.25. The van der Waals surface area contributed by atoms with Gasteiger partial charge in [0, 0.05) is 18.8 Å². The van der Waals surface area contributed by atoms with Crippen LogP contribution in [0, 0.1) is 11.8 Å². The van der Waals surface area contributed by atoms with E-state index in [-0.39, 0.29) is 11.9 Å². The molecule has 0 unspecified atom stereocenters. The van der Waals surface area contributed by atoms with Gasteiger partial charge in [0.15, 0.2) is 0 Å². The fourth-order valence-electron chi connectivity index (χ4n) is 2.18. The van der Waals surface area contributed by atoms with Crippen molar-refractivity contribution in [1.82, 2.24) is 10.6 Å². The van der Waals surface area contributed by atoms with E-state index in [1.165, 1.54) is 0 Å². The maximum atomic E-state index is 11.4. The quantitative estimate of drug-likeness (QED) is 0.642. The smallest absolute Gasteiger partial charge is 0.314 e. The van der Waals surface area contributed by atoms with Crippen LogP contribution in [-0.4, -0.2) is 42.2 Å². The zero-order valence-corrected chi connectivity index (χ0v) is 11.6. The summed E-state index contributed by atoms with van der Waals surface area (Å²) in [6.45, 7) is 1.33. The van der Waals surface area contributed by atoms with Gasteiger partial charge in [-0.05, 0) is 37.9 Å². The Morgan fingerprint density at radius 2 is 1.89 bits per heavy atom. The molecule has 0 radical (unpaired) electrons. The monoisotopic (exact) mass is 274 g/mol. The van der Waals surface area contributed by atoms with Gasteiger partial charge in [0.1, 0.15) is 0 Å². The van der Waals surface area contributed by atoms with Gasteiger partial charge in [-0.2, -0.15) is 11.8 Å². The predicted molar refractivity (Wildman–Crippen MR) is 72.9 cm³/mol. The van der Waals surface area contributed by atoms with Crippen LogP contribution in [0.4, 0.5) is 4.79 Å². The van der Waals surface area contributed by atoms with Gasteiger partial charge < -0.3 is 15.7 Å². The Hall–Kier alpha value is -0.910. The fourth-order valence-corrected chi connectivity index (χ4v) is 2.49. The summed E-state index contributed by atoms with van der Waals surface area (Å²) in [5.41, 5.74) is 0. The molecular weight excluding hydrogens is 252 g/mol. The second-order valence-corrected chi connectivity index (χ2v) is 5.67. The number of hydrogen-bond acceptors (Lipinski definition) is 3. The Balaban J connectivity index is 2.10. The largest absolute Gasteiger partial charge is 0.481 e. The number of thioether (sulfide) groups is 1. The summed E-state index contributed by atoms with van der Waals surface area (Å²) < 4.78 is 0. The molecule has 0 bridgehead atoms. The van der Waals surface area contributed by atoms with Gasteiger partial charge >= 0.3 is 12.0 Å². The second-order valence-electron chi connectivity index (χ2n) is 4.69. The molecule has 0 atom stereocenters. The van der Waals surface area contributed by atoms with Gasteiger partial charge in [-0.15, -0.1) is 0 Å². The lowest BCUT2D eigenvalue weighted by Gasteiger charge is -2.26. The zero-order valence-electron chi connectivity index (χ0n) is 10.8. The summed E-state index contributed by atoms with van der Waals surface area (Å²) >= 11 is 1.69. The van der Waals surface area contributed by atoms with Crippen molar-refractivity contribution in [2.75, 3.05) is 25.1 Å². The summed E-state index contributed by atoms with van der Waals surface area (Å²) in [5, 5.41) is 14.5. The molecule has 1 fully saturated rings. The van der Waals surface area contributed by atoms with E-state index < -0.39 is 5.97 Å². The molecule has 0 aliphatic heterocycles. The SMILES string of the molecule is CSCCNC(=O)NCC1CCC(C(=O)O)CC1. The maximum Gasteiger partial charge on any atom is 0.314 e. The number of hydrogen-bond donors (Lipinski definition) is 3. The lowest BCUT2D eigenvalue weighted by molar-refractivity contribution is -0.143. The van der Waals surface area contributed by atoms with Crippen molar-refractivity contribution < 1.29 is 14.7 Å². The Labute approximate surface area is 112 Å². The first kappa shape index (κ1) is 15.1. The number of carbonyl (C=O) groups is 2. The van der Waals surface area contributed by atoms with Gasteiger partial charge in [-0.25, -0.2) is 4.79 Å². The molecular formula is C12H22N2O3S. The zero-order chi connectivity index (χ0) is 13.4. The van der Waals surface area contributed by atoms with E-state index in [1.807, 2.05) is 6.26 Å². The van der Waals surface area contributed by atoms with Gasteiger partial charge in [0.05, 0.1) is 5.92 Å². The molecule has 0 spiro atoms. The van der Waals surface area contributed by atoms with E-state index in [9.17, 15) is 9.59 Å². The van der Waals surface area contributed by atoms with Gasteiger partial charge in [0.2, 0.25) is 0 Å². The molecule has 0 heterocycles. The molecule has 1 rings (SSSR count). The minimum Gasteiger partial charge on any atom is -0.481 e. The molecule has 18 heavy (non-hydrogen) atoms. The molecule has 0 saturated heterocycles. The average molecular weight is 274 g/mol. The summed E-state index contributed by atoms with van der Waals surface area (Å²) in [7, 11) is 0. The van der Waals surface area contributed by atoms with E-state index in [0.29, 0.717) is 19.0 Å². The van der Waals surface area contributed by atoms with Gasteiger partial charge in [-0.3, -0.25) is 4.79 Å². The number of carbonyl (C=O) groups excluding carboxylic acids is 1. The first-order valence-electron chi connectivity index (χ1n) is 6.37. The van der Waals surface area contributed by atoms with Crippen LogP contribution >= 0.6 is 11.8 Å². The highest BCUT2D eigenvalue weighted by molar-refractivity contribution is 7.98. The summed E-state index contributed by atoms with van der Waals surface area (Å²) in [6.07, 6.45) is 5.25. The standard InChI is InChI=1S/C12H22N2O3S/c1-18-7-6-13-12(17)14-8-9-2-4-10(5-3-9)11(15)16/h9-10H,2-8H2,1H3,(H,15,16)(H2,13,14,17). The first-order chi connectivity index (χ1) is 8.63. The molecule has 2 amide bonds. The summed E-state index contributed by atoms with van der Waals surface area (Å²) in [5.74, 6) is 0.469. The molecule has 6 heteroatoms. The molecule has 5 nitrogen and oxygen atoms in total. The fraction of sp³-hybridized carbons (Fsp3) is 0.833. The number of carboxylic acids is 1. The maximum absolute atomic E-state index is 11.4. The van der Waals surface area contributed by atoms with Crippen LogP contribution in [0.25, 0.3) is 0 Å². The Morgan fingerprint density at radius 1 is 1.22 bits per heavy atom. The van der Waals surface area contributed by atoms with Crippen molar-refractivity contribution in [2.45, 2.75) is 25.7 Å². The molecule has 0 aromatic carbocycles. The van der Waals surface area contributed by atoms with Crippen LogP contribution < -0.4 is 10.6 Å². The lowest BCUT2D eigenvalue weighted by atomic mass is 9.82. The molecule has 3 N–H and O–H groups in total. The summed E-state index contributed by atoms with van der Waals surface area (Å²) in [6, 6.07) is -0.121. The van der Waals surface area contributed by atoms with Crippen molar-refractivity contribution in [3.05, 3.63) is 0 Å². The number of aliphatic carboxylic acids is 1.